The van der Waals surface area contributed by atoms with Gasteiger partial charge in [0.05, 0.1) is 18.8 Å². The molecule has 1 amide bonds. The smallest absolute Gasteiger partial charge is 0.220 e. The molecular formula is C60H111NO3. The Balaban J connectivity index is 3.56. The first-order chi connectivity index (χ1) is 31.7. The Bertz CT molecular complexity index is 1060. The fourth-order valence-electron chi connectivity index (χ4n) is 8.60. The summed E-state index contributed by atoms with van der Waals surface area (Å²) in [4.78, 5) is 12.5. The summed E-state index contributed by atoms with van der Waals surface area (Å²) in [7, 11) is 0. The first-order valence-electron chi connectivity index (χ1n) is 28.5. The standard InChI is InChI=1S/C60H111NO3/c1-3-5-7-9-11-13-15-17-19-21-23-25-27-28-29-30-31-32-34-36-38-40-42-44-46-48-50-52-54-56-60(64)61-58(57-62)59(63)55-53-51-49-47-45-43-41-39-37-35-33-26-24-22-20-18-16-14-12-10-8-6-4-2/h23,25,28-29,37,39,45,47,53,55,58-59,62-63H,3-22,24,26-27,30-36,38,40-44,46,48-52,54,56-57H2,1-2H3,(H,61,64)/b25-23-,29-28-,39-37+,47-45+,55-53+. The third kappa shape index (κ3) is 51.1. The van der Waals surface area contributed by atoms with Crippen LogP contribution in [0.4, 0.5) is 0 Å². The Morgan fingerprint density at radius 3 is 1.00 bits per heavy atom. The van der Waals surface area contributed by atoms with Gasteiger partial charge in [0.25, 0.3) is 0 Å². The highest BCUT2D eigenvalue weighted by Gasteiger charge is 2.18. The molecule has 0 saturated heterocycles. The Hall–Kier alpha value is -1.91. The highest BCUT2D eigenvalue weighted by molar-refractivity contribution is 5.76. The Morgan fingerprint density at radius 1 is 0.375 bits per heavy atom. The van der Waals surface area contributed by atoms with Crippen molar-refractivity contribution in [3.63, 3.8) is 0 Å². The van der Waals surface area contributed by atoms with E-state index in [4.69, 9.17) is 0 Å². The van der Waals surface area contributed by atoms with E-state index in [1.165, 1.54) is 231 Å². The Labute approximate surface area is 400 Å². The third-order valence-corrected chi connectivity index (χ3v) is 13.0. The lowest BCUT2D eigenvalue weighted by Gasteiger charge is -2.19. The summed E-state index contributed by atoms with van der Waals surface area (Å²) < 4.78 is 0. The van der Waals surface area contributed by atoms with Gasteiger partial charge in [-0.15, -0.1) is 0 Å². The zero-order valence-corrected chi connectivity index (χ0v) is 43.1. The van der Waals surface area contributed by atoms with Gasteiger partial charge in [0.1, 0.15) is 0 Å². The van der Waals surface area contributed by atoms with E-state index in [2.05, 4.69) is 67.8 Å². The number of hydrogen-bond donors (Lipinski definition) is 3. The maximum absolute atomic E-state index is 12.5. The average Bonchev–Trinajstić information content (AvgIpc) is 3.30. The van der Waals surface area contributed by atoms with Gasteiger partial charge >= 0.3 is 0 Å². The van der Waals surface area contributed by atoms with Crippen LogP contribution in [-0.2, 0) is 4.79 Å². The minimum atomic E-state index is -0.873. The molecule has 0 aliphatic carbocycles. The number of amides is 1. The van der Waals surface area contributed by atoms with Crippen molar-refractivity contribution in [2.45, 2.75) is 309 Å². The lowest BCUT2D eigenvalue weighted by Crippen LogP contribution is -2.45. The van der Waals surface area contributed by atoms with Crippen molar-refractivity contribution in [2.75, 3.05) is 6.61 Å². The van der Waals surface area contributed by atoms with Crippen LogP contribution in [0, 0.1) is 0 Å². The van der Waals surface area contributed by atoms with Crippen LogP contribution in [0.5, 0.6) is 0 Å². The quantitative estimate of drug-likeness (QED) is 0.0421. The third-order valence-electron chi connectivity index (χ3n) is 13.0. The molecule has 2 unspecified atom stereocenters. The van der Waals surface area contributed by atoms with Crippen molar-refractivity contribution in [3.8, 4) is 0 Å². The largest absolute Gasteiger partial charge is 0.394 e. The SMILES string of the molecule is CCCCCCCCCCC/C=C\C/C=C\CCCCCCCCCCCCCCCC(=O)NC(CO)C(O)/C=C/CC/C=C/CC/C=C/CCCCCCCCCCCCCCC. The molecule has 0 fully saturated rings. The Kier molecular flexibility index (Phi) is 53.8. The van der Waals surface area contributed by atoms with Gasteiger partial charge in [0.15, 0.2) is 0 Å². The molecule has 3 N–H and O–H groups in total. The molecule has 4 heteroatoms. The molecule has 0 aromatic carbocycles. The molecule has 0 aliphatic rings. The molecule has 0 aromatic rings. The van der Waals surface area contributed by atoms with Crippen LogP contribution in [0.2, 0.25) is 0 Å². The van der Waals surface area contributed by atoms with Crippen LogP contribution in [0.15, 0.2) is 60.8 Å². The van der Waals surface area contributed by atoms with Gasteiger partial charge in [0.2, 0.25) is 5.91 Å². The number of carbonyl (C=O) groups is 1. The van der Waals surface area contributed by atoms with Crippen molar-refractivity contribution in [1.29, 1.82) is 0 Å². The molecule has 4 nitrogen and oxygen atoms in total. The van der Waals surface area contributed by atoms with Gasteiger partial charge in [-0.25, -0.2) is 0 Å². The molecule has 0 radical (unpaired) electrons. The monoisotopic (exact) mass is 894 g/mol. The van der Waals surface area contributed by atoms with E-state index < -0.39 is 12.1 Å². The molecule has 0 heterocycles. The van der Waals surface area contributed by atoms with Gasteiger partial charge in [-0.05, 0) is 77.0 Å². The zero-order chi connectivity index (χ0) is 46.3. The number of carbonyl (C=O) groups excluding carboxylic acids is 1. The summed E-state index contributed by atoms with van der Waals surface area (Å²) in [5.41, 5.74) is 0. The number of nitrogens with one attached hydrogen (secondary N) is 1. The molecule has 64 heavy (non-hydrogen) atoms. The van der Waals surface area contributed by atoms with E-state index in [1.54, 1.807) is 6.08 Å². The number of aliphatic hydroxyl groups is 2. The summed E-state index contributed by atoms with van der Waals surface area (Å²) in [6.07, 6.45) is 78.1. The highest BCUT2D eigenvalue weighted by Crippen LogP contribution is 2.16. The molecule has 0 aromatic heterocycles. The normalized spacial score (nSPS) is 13.2. The van der Waals surface area contributed by atoms with Gasteiger partial charge in [-0.2, -0.15) is 0 Å². The van der Waals surface area contributed by atoms with E-state index in [-0.39, 0.29) is 12.5 Å². The van der Waals surface area contributed by atoms with E-state index in [0.29, 0.717) is 6.42 Å². The number of unbranched alkanes of at least 4 members (excludes halogenated alkanes) is 37. The molecule has 0 aliphatic heterocycles. The van der Waals surface area contributed by atoms with Crippen LogP contribution < -0.4 is 5.32 Å². The van der Waals surface area contributed by atoms with Gasteiger partial charge in [-0.1, -0.05) is 274 Å². The average molecular weight is 895 g/mol. The number of aliphatic hydroxyl groups excluding tert-OH is 2. The zero-order valence-electron chi connectivity index (χ0n) is 43.1. The van der Waals surface area contributed by atoms with Crippen molar-refractivity contribution in [1.82, 2.24) is 5.32 Å². The molecule has 2 atom stereocenters. The molecule has 0 bridgehead atoms. The first-order valence-corrected chi connectivity index (χ1v) is 28.5. The summed E-state index contributed by atoms with van der Waals surface area (Å²) in [6, 6.07) is -0.649. The highest BCUT2D eigenvalue weighted by atomic mass is 16.3. The Morgan fingerprint density at radius 2 is 0.656 bits per heavy atom. The number of rotatable bonds is 52. The fourth-order valence-corrected chi connectivity index (χ4v) is 8.60. The second-order valence-electron chi connectivity index (χ2n) is 19.3. The maximum atomic E-state index is 12.5. The van der Waals surface area contributed by atoms with Crippen LogP contribution in [0.3, 0.4) is 0 Å². The predicted molar refractivity (Wildman–Crippen MR) is 285 cm³/mol. The molecule has 374 valence electrons. The first kappa shape index (κ1) is 62.1. The summed E-state index contributed by atoms with van der Waals surface area (Å²) in [5, 5.41) is 23.1. The van der Waals surface area contributed by atoms with Crippen molar-refractivity contribution in [3.05, 3.63) is 60.8 Å². The van der Waals surface area contributed by atoms with Gasteiger partial charge in [-0.3, -0.25) is 4.79 Å². The van der Waals surface area contributed by atoms with Crippen LogP contribution >= 0.6 is 0 Å². The minimum Gasteiger partial charge on any atom is -0.394 e. The number of hydrogen-bond acceptors (Lipinski definition) is 3. The van der Waals surface area contributed by atoms with Crippen molar-refractivity contribution in [2.24, 2.45) is 0 Å². The maximum Gasteiger partial charge on any atom is 0.220 e. The van der Waals surface area contributed by atoms with Crippen molar-refractivity contribution >= 4 is 5.91 Å². The van der Waals surface area contributed by atoms with Crippen LogP contribution in [-0.4, -0.2) is 34.9 Å². The second kappa shape index (κ2) is 55.4. The molecule has 0 rings (SSSR count). The van der Waals surface area contributed by atoms with Gasteiger partial charge in [0, 0.05) is 6.42 Å². The summed E-state index contributed by atoms with van der Waals surface area (Å²) in [6.45, 7) is 4.32. The number of allylic oxidation sites excluding steroid dienone is 9. The summed E-state index contributed by atoms with van der Waals surface area (Å²) >= 11 is 0. The van der Waals surface area contributed by atoms with Gasteiger partial charge < -0.3 is 15.5 Å². The fraction of sp³-hybridized carbons (Fsp3) is 0.817. The van der Waals surface area contributed by atoms with E-state index in [1.807, 2.05) is 6.08 Å². The molecule has 0 saturated carbocycles. The second-order valence-corrected chi connectivity index (χ2v) is 19.3. The van der Waals surface area contributed by atoms with E-state index in [9.17, 15) is 15.0 Å². The van der Waals surface area contributed by atoms with Crippen LogP contribution in [0.1, 0.15) is 296 Å². The summed E-state index contributed by atoms with van der Waals surface area (Å²) in [5.74, 6) is -0.0771. The van der Waals surface area contributed by atoms with E-state index >= 15 is 0 Å². The van der Waals surface area contributed by atoms with Crippen LogP contribution in [0.25, 0.3) is 0 Å². The van der Waals surface area contributed by atoms with E-state index in [0.717, 1.165) is 44.9 Å². The lowest BCUT2D eigenvalue weighted by atomic mass is 10.0. The predicted octanol–water partition coefficient (Wildman–Crippen LogP) is 18.8. The molecule has 0 spiro atoms. The minimum absolute atomic E-state index is 0.0771. The van der Waals surface area contributed by atoms with Crippen molar-refractivity contribution < 1.29 is 15.0 Å². The lowest BCUT2D eigenvalue weighted by molar-refractivity contribution is -0.123. The molecular weight excluding hydrogens is 783 g/mol. The topological polar surface area (TPSA) is 69.6 Å².